The van der Waals surface area contributed by atoms with Gasteiger partial charge in [0.15, 0.2) is 6.29 Å². The fourth-order valence-electron chi connectivity index (χ4n) is 1.58. The highest BCUT2D eigenvalue weighted by molar-refractivity contribution is 5.83. The molecule has 0 unspecified atom stereocenters. The summed E-state index contributed by atoms with van der Waals surface area (Å²) in [4.78, 5) is 22.2. The summed E-state index contributed by atoms with van der Waals surface area (Å²) in [7, 11) is 0. The van der Waals surface area contributed by atoms with Crippen LogP contribution in [0.3, 0.4) is 0 Å². The van der Waals surface area contributed by atoms with Gasteiger partial charge in [-0.05, 0) is 31.0 Å². The molecular weight excluding hydrogens is 218 g/mol. The Morgan fingerprint density at radius 2 is 2.24 bits per heavy atom. The summed E-state index contributed by atoms with van der Waals surface area (Å²) in [5, 5.41) is 8.83. The SMILES string of the molecule is CCOC(=O)Cc1ccc(C#N)c(C=O)c1C. The van der Waals surface area contributed by atoms with Gasteiger partial charge in [-0.2, -0.15) is 5.26 Å². The Balaban J connectivity index is 3.08. The standard InChI is InChI=1S/C13H13NO3/c1-3-17-13(16)6-10-4-5-11(7-14)12(8-15)9(10)2/h4-5,8H,3,6H2,1-2H3. The molecule has 0 fully saturated rings. The first kappa shape index (κ1) is 12.9. The number of carbonyl (C=O) groups is 2. The molecule has 4 heteroatoms. The number of ether oxygens (including phenoxy) is 1. The van der Waals surface area contributed by atoms with E-state index in [-0.39, 0.29) is 12.4 Å². The zero-order valence-electron chi connectivity index (χ0n) is 9.82. The van der Waals surface area contributed by atoms with Crippen molar-refractivity contribution in [2.75, 3.05) is 6.61 Å². The number of hydrogen-bond acceptors (Lipinski definition) is 4. The third kappa shape index (κ3) is 2.91. The van der Waals surface area contributed by atoms with Crippen molar-refractivity contribution in [3.63, 3.8) is 0 Å². The van der Waals surface area contributed by atoms with E-state index in [1.807, 2.05) is 6.07 Å². The van der Waals surface area contributed by atoms with Gasteiger partial charge in [-0.3, -0.25) is 9.59 Å². The Labute approximate surface area is 99.8 Å². The van der Waals surface area contributed by atoms with E-state index in [2.05, 4.69) is 0 Å². The lowest BCUT2D eigenvalue weighted by Crippen LogP contribution is -2.09. The van der Waals surface area contributed by atoms with E-state index in [1.54, 1.807) is 26.0 Å². The first-order valence-corrected chi connectivity index (χ1v) is 5.27. The molecule has 0 N–H and O–H groups in total. The van der Waals surface area contributed by atoms with Crippen molar-refractivity contribution in [2.24, 2.45) is 0 Å². The summed E-state index contributed by atoms with van der Waals surface area (Å²) in [5.74, 6) is -0.336. The molecule has 1 rings (SSSR count). The van der Waals surface area contributed by atoms with E-state index >= 15 is 0 Å². The molecule has 0 saturated carbocycles. The topological polar surface area (TPSA) is 67.2 Å². The highest BCUT2D eigenvalue weighted by Crippen LogP contribution is 2.17. The highest BCUT2D eigenvalue weighted by atomic mass is 16.5. The van der Waals surface area contributed by atoms with Crippen LogP contribution in [-0.4, -0.2) is 18.9 Å². The average molecular weight is 231 g/mol. The number of benzene rings is 1. The number of hydrogen-bond donors (Lipinski definition) is 0. The van der Waals surface area contributed by atoms with E-state index in [9.17, 15) is 9.59 Å². The maximum Gasteiger partial charge on any atom is 0.310 e. The van der Waals surface area contributed by atoms with Crippen molar-refractivity contribution in [2.45, 2.75) is 20.3 Å². The van der Waals surface area contributed by atoms with Crippen LogP contribution in [0.25, 0.3) is 0 Å². The molecule has 1 aromatic carbocycles. The van der Waals surface area contributed by atoms with Gasteiger partial charge in [0.05, 0.1) is 24.7 Å². The second kappa shape index (κ2) is 5.80. The Hall–Kier alpha value is -2.15. The van der Waals surface area contributed by atoms with Crippen molar-refractivity contribution in [1.82, 2.24) is 0 Å². The van der Waals surface area contributed by atoms with Crippen LogP contribution < -0.4 is 0 Å². The molecule has 0 spiro atoms. The Morgan fingerprint density at radius 1 is 1.53 bits per heavy atom. The molecule has 0 aliphatic heterocycles. The van der Waals surface area contributed by atoms with Crippen LogP contribution in [0.2, 0.25) is 0 Å². The van der Waals surface area contributed by atoms with Gasteiger partial charge in [-0.15, -0.1) is 0 Å². The van der Waals surface area contributed by atoms with Gasteiger partial charge in [0.1, 0.15) is 0 Å². The van der Waals surface area contributed by atoms with Crippen molar-refractivity contribution in [3.05, 3.63) is 34.4 Å². The lowest BCUT2D eigenvalue weighted by molar-refractivity contribution is -0.142. The minimum Gasteiger partial charge on any atom is -0.466 e. The molecule has 88 valence electrons. The molecule has 0 radical (unpaired) electrons. The molecule has 0 aliphatic carbocycles. The Morgan fingerprint density at radius 3 is 2.76 bits per heavy atom. The van der Waals surface area contributed by atoms with E-state index in [0.29, 0.717) is 35.1 Å². The molecule has 0 aromatic heterocycles. The van der Waals surface area contributed by atoms with E-state index in [4.69, 9.17) is 10.00 Å². The highest BCUT2D eigenvalue weighted by Gasteiger charge is 2.12. The molecule has 17 heavy (non-hydrogen) atoms. The second-order valence-corrected chi connectivity index (χ2v) is 3.52. The van der Waals surface area contributed by atoms with Crippen molar-refractivity contribution < 1.29 is 14.3 Å². The molecule has 0 aliphatic rings. The lowest BCUT2D eigenvalue weighted by Gasteiger charge is -2.08. The van der Waals surface area contributed by atoms with Gasteiger partial charge in [-0.1, -0.05) is 6.07 Å². The van der Waals surface area contributed by atoms with Gasteiger partial charge < -0.3 is 4.74 Å². The summed E-state index contributed by atoms with van der Waals surface area (Å²) in [6.45, 7) is 3.79. The number of esters is 1. The molecule has 0 amide bonds. The normalized spacial score (nSPS) is 9.47. The number of rotatable bonds is 4. The van der Waals surface area contributed by atoms with Crippen molar-refractivity contribution in [3.8, 4) is 6.07 Å². The number of nitriles is 1. The third-order valence-corrected chi connectivity index (χ3v) is 2.51. The zero-order chi connectivity index (χ0) is 12.8. The van der Waals surface area contributed by atoms with Crippen molar-refractivity contribution in [1.29, 1.82) is 5.26 Å². The van der Waals surface area contributed by atoms with Crippen LogP contribution in [0.15, 0.2) is 12.1 Å². The summed E-state index contributed by atoms with van der Waals surface area (Å²) >= 11 is 0. The van der Waals surface area contributed by atoms with Gasteiger partial charge in [-0.25, -0.2) is 0 Å². The molecule has 0 heterocycles. The van der Waals surface area contributed by atoms with Crippen LogP contribution in [0.1, 0.15) is 34.0 Å². The summed E-state index contributed by atoms with van der Waals surface area (Å²) in [5.41, 5.74) is 2.04. The number of nitrogens with zero attached hydrogens (tertiary/aromatic N) is 1. The van der Waals surface area contributed by atoms with Crippen LogP contribution >= 0.6 is 0 Å². The predicted octanol–water partition coefficient (Wildman–Crippen LogP) is 1.78. The largest absolute Gasteiger partial charge is 0.466 e. The lowest BCUT2D eigenvalue weighted by atomic mass is 9.96. The molecule has 0 bridgehead atoms. The Bertz CT molecular complexity index is 486. The van der Waals surface area contributed by atoms with Crippen LogP contribution in [-0.2, 0) is 16.0 Å². The van der Waals surface area contributed by atoms with Gasteiger partial charge in [0, 0.05) is 5.56 Å². The van der Waals surface area contributed by atoms with Crippen LogP contribution in [0, 0.1) is 18.3 Å². The van der Waals surface area contributed by atoms with Crippen LogP contribution in [0.5, 0.6) is 0 Å². The quantitative estimate of drug-likeness (QED) is 0.585. The summed E-state index contributed by atoms with van der Waals surface area (Å²) in [6.07, 6.45) is 0.759. The smallest absolute Gasteiger partial charge is 0.310 e. The van der Waals surface area contributed by atoms with E-state index in [1.165, 1.54) is 0 Å². The number of carbonyl (C=O) groups excluding carboxylic acids is 2. The first-order valence-electron chi connectivity index (χ1n) is 5.27. The first-order chi connectivity index (χ1) is 8.13. The summed E-state index contributed by atoms with van der Waals surface area (Å²) in [6, 6.07) is 5.17. The molecule has 1 aromatic rings. The average Bonchev–Trinajstić information content (AvgIpc) is 2.31. The molecule has 4 nitrogen and oxygen atoms in total. The maximum atomic E-state index is 11.3. The van der Waals surface area contributed by atoms with Gasteiger partial charge in [0.25, 0.3) is 0 Å². The molecule has 0 saturated heterocycles. The third-order valence-electron chi connectivity index (χ3n) is 2.51. The van der Waals surface area contributed by atoms with Crippen LogP contribution in [0.4, 0.5) is 0 Å². The minimum absolute atomic E-state index is 0.117. The zero-order valence-corrected chi connectivity index (χ0v) is 9.82. The fourth-order valence-corrected chi connectivity index (χ4v) is 1.58. The Kier molecular flexibility index (Phi) is 4.41. The number of aldehydes is 1. The maximum absolute atomic E-state index is 11.3. The van der Waals surface area contributed by atoms with E-state index < -0.39 is 0 Å². The van der Waals surface area contributed by atoms with Gasteiger partial charge in [0.2, 0.25) is 0 Å². The predicted molar refractivity (Wildman–Crippen MR) is 61.6 cm³/mol. The van der Waals surface area contributed by atoms with Gasteiger partial charge >= 0.3 is 5.97 Å². The fraction of sp³-hybridized carbons (Fsp3) is 0.308. The van der Waals surface area contributed by atoms with E-state index in [0.717, 1.165) is 0 Å². The van der Waals surface area contributed by atoms with Crippen molar-refractivity contribution >= 4 is 12.3 Å². The monoisotopic (exact) mass is 231 g/mol. The molecule has 0 atom stereocenters. The second-order valence-electron chi connectivity index (χ2n) is 3.52. The minimum atomic E-state index is -0.336. The summed E-state index contributed by atoms with van der Waals surface area (Å²) < 4.78 is 4.84. The molecular formula is C13H13NO3.